The molecular weight excluding hydrogens is 717 g/mol. The van der Waals surface area contributed by atoms with Gasteiger partial charge in [-0.3, -0.25) is 0 Å². The van der Waals surface area contributed by atoms with Crippen LogP contribution in [-0.4, -0.2) is 19.1 Å². The Labute approximate surface area is 343 Å². The van der Waals surface area contributed by atoms with Crippen LogP contribution in [0.5, 0.6) is 0 Å². The Kier molecular flexibility index (Phi) is 7.92. The highest BCUT2D eigenvalue weighted by atomic mass is 15.0. The third-order valence-corrected chi connectivity index (χ3v) is 12.2. The molecule has 4 heteroatoms. The molecule has 0 unspecified atom stereocenters. The van der Waals surface area contributed by atoms with E-state index in [0.29, 0.717) is 0 Å². The second-order valence-corrected chi connectivity index (χ2v) is 15.7. The van der Waals surface area contributed by atoms with Crippen molar-refractivity contribution in [2.45, 2.75) is 33.1 Å². The highest BCUT2D eigenvalue weighted by molar-refractivity contribution is 6.32. The van der Waals surface area contributed by atoms with Crippen LogP contribution in [0.4, 0.5) is 0 Å². The molecular formula is C55H42N4. The smallest absolute Gasteiger partial charge is 0.160 e. The molecule has 0 saturated heterocycles. The van der Waals surface area contributed by atoms with Gasteiger partial charge < -0.3 is 9.13 Å². The number of hydrogen-bond donors (Lipinski definition) is 0. The van der Waals surface area contributed by atoms with Crippen molar-refractivity contribution >= 4 is 54.5 Å². The Balaban J connectivity index is 0.00000196. The van der Waals surface area contributed by atoms with Crippen LogP contribution in [0.15, 0.2) is 182 Å². The van der Waals surface area contributed by atoms with Crippen LogP contribution >= 0.6 is 0 Å². The van der Waals surface area contributed by atoms with Gasteiger partial charge in [-0.05, 0) is 64.7 Å². The summed E-state index contributed by atoms with van der Waals surface area (Å²) >= 11 is 0. The largest absolute Gasteiger partial charge is 0.309 e. The van der Waals surface area contributed by atoms with Gasteiger partial charge in [-0.25, -0.2) is 9.97 Å². The van der Waals surface area contributed by atoms with Gasteiger partial charge in [-0.2, -0.15) is 0 Å². The highest BCUT2D eigenvalue weighted by Crippen LogP contribution is 2.58. The van der Waals surface area contributed by atoms with Gasteiger partial charge in [0.05, 0.1) is 33.3 Å². The molecule has 8 aromatic carbocycles. The molecule has 0 saturated carbocycles. The summed E-state index contributed by atoms with van der Waals surface area (Å²) in [6.07, 6.45) is 0. The molecule has 0 bridgehead atoms. The standard InChI is InChI=1S/C53H36N4.C2H6/c1-53(2)41-27-15-12-24-37(41)45-46-38-25-13-16-28-43(38)56(35-22-10-5-11-23-35)50(46)47-39-26-14-17-29-44(39)57(51(47)48(45)53)36-30-31-42-40(32-36)49(33-18-6-3-7-19-33)55-52(54-42)34-20-8-4-9-21-34;1-2/h3-32H,1-2H3;1-2H3. The molecule has 0 amide bonds. The van der Waals surface area contributed by atoms with Crippen molar-refractivity contribution in [1.82, 2.24) is 19.1 Å². The molecule has 0 atom stereocenters. The second kappa shape index (κ2) is 13.4. The Morgan fingerprint density at radius 1 is 0.458 bits per heavy atom. The molecule has 12 rings (SSSR count). The first-order valence-corrected chi connectivity index (χ1v) is 20.7. The van der Waals surface area contributed by atoms with E-state index in [9.17, 15) is 0 Å². The van der Waals surface area contributed by atoms with E-state index < -0.39 is 0 Å². The van der Waals surface area contributed by atoms with Crippen LogP contribution in [0.2, 0.25) is 0 Å². The molecule has 282 valence electrons. The Morgan fingerprint density at radius 3 is 1.71 bits per heavy atom. The summed E-state index contributed by atoms with van der Waals surface area (Å²) in [6, 6.07) is 65.4. The topological polar surface area (TPSA) is 35.6 Å². The van der Waals surface area contributed by atoms with Gasteiger partial charge in [0.2, 0.25) is 0 Å². The van der Waals surface area contributed by atoms with Gasteiger partial charge in [0.15, 0.2) is 5.82 Å². The van der Waals surface area contributed by atoms with Crippen molar-refractivity contribution in [3.63, 3.8) is 0 Å². The van der Waals surface area contributed by atoms with E-state index in [-0.39, 0.29) is 5.41 Å². The van der Waals surface area contributed by atoms with E-state index in [1.807, 2.05) is 32.0 Å². The minimum Gasteiger partial charge on any atom is -0.309 e. The summed E-state index contributed by atoms with van der Waals surface area (Å²) in [7, 11) is 0. The van der Waals surface area contributed by atoms with Gasteiger partial charge in [-0.1, -0.05) is 167 Å². The Morgan fingerprint density at radius 2 is 1.02 bits per heavy atom. The van der Waals surface area contributed by atoms with Crippen molar-refractivity contribution in [3.8, 4) is 45.1 Å². The van der Waals surface area contributed by atoms with E-state index in [0.717, 1.165) is 44.9 Å². The van der Waals surface area contributed by atoms with Crippen LogP contribution in [-0.2, 0) is 5.41 Å². The number of nitrogens with zero attached hydrogens (tertiary/aromatic N) is 4. The van der Waals surface area contributed by atoms with Crippen LogP contribution in [0, 0.1) is 0 Å². The minimum absolute atomic E-state index is 0.278. The molecule has 1 aliphatic carbocycles. The van der Waals surface area contributed by atoms with Gasteiger partial charge in [0.1, 0.15) is 0 Å². The monoisotopic (exact) mass is 758 g/mol. The van der Waals surface area contributed by atoms with Gasteiger partial charge >= 0.3 is 0 Å². The average Bonchev–Trinajstić information content (AvgIpc) is 3.90. The summed E-state index contributed by atoms with van der Waals surface area (Å²) in [5.41, 5.74) is 16.1. The summed E-state index contributed by atoms with van der Waals surface area (Å²) < 4.78 is 5.04. The lowest BCUT2D eigenvalue weighted by atomic mass is 9.81. The normalized spacial score (nSPS) is 12.9. The van der Waals surface area contributed by atoms with Crippen molar-refractivity contribution in [2.24, 2.45) is 0 Å². The number of aromatic nitrogens is 4. The van der Waals surface area contributed by atoms with Crippen molar-refractivity contribution in [1.29, 1.82) is 0 Å². The van der Waals surface area contributed by atoms with Crippen LogP contribution in [0.1, 0.15) is 38.8 Å². The summed E-state index contributed by atoms with van der Waals surface area (Å²) in [6.45, 7) is 8.82. The maximum atomic E-state index is 5.28. The molecule has 11 aromatic rings. The predicted octanol–water partition coefficient (Wildman–Crippen LogP) is 14.5. The number of rotatable bonds is 4. The fourth-order valence-electron chi connectivity index (χ4n) is 9.85. The van der Waals surface area contributed by atoms with E-state index in [2.05, 4.69) is 187 Å². The summed E-state index contributed by atoms with van der Waals surface area (Å²) in [5, 5.41) is 6.08. The molecule has 0 N–H and O–H groups in total. The average molecular weight is 759 g/mol. The number of benzene rings is 8. The molecule has 3 heterocycles. The maximum absolute atomic E-state index is 5.28. The van der Waals surface area contributed by atoms with Gasteiger partial charge in [-0.15, -0.1) is 0 Å². The Bertz CT molecular complexity index is 3410. The zero-order chi connectivity index (χ0) is 39.8. The quantitative estimate of drug-likeness (QED) is 0.179. The van der Waals surface area contributed by atoms with E-state index in [1.165, 1.54) is 65.9 Å². The summed E-state index contributed by atoms with van der Waals surface area (Å²) in [4.78, 5) is 10.5. The number of para-hydroxylation sites is 3. The SMILES string of the molecule is CC.CC1(C)c2ccccc2-c2c1c1c(c3ccccc3n1-c1ccc3nc(-c4ccccc4)nc(-c4ccccc4)c3c1)c1c2c2ccccc2n1-c1ccccc1. The molecule has 0 radical (unpaired) electrons. The lowest BCUT2D eigenvalue weighted by Crippen LogP contribution is -2.16. The second-order valence-electron chi connectivity index (χ2n) is 15.7. The lowest BCUT2D eigenvalue weighted by molar-refractivity contribution is 0.664. The minimum atomic E-state index is -0.278. The molecule has 3 aromatic heterocycles. The molecule has 59 heavy (non-hydrogen) atoms. The first kappa shape index (κ1) is 34.9. The van der Waals surface area contributed by atoms with Crippen molar-refractivity contribution in [3.05, 3.63) is 193 Å². The van der Waals surface area contributed by atoms with Crippen LogP contribution in [0.3, 0.4) is 0 Å². The molecule has 0 spiro atoms. The van der Waals surface area contributed by atoms with E-state index in [4.69, 9.17) is 9.97 Å². The first-order valence-electron chi connectivity index (χ1n) is 20.7. The third kappa shape index (κ3) is 5.02. The zero-order valence-corrected chi connectivity index (χ0v) is 33.6. The maximum Gasteiger partial charge on any atom is 0.160 e. The predicted molar refractivity (Wildman–Crippen MR) is 248 cm³/mol. The number of hydrogen-bond acceptors (Lipinski definition) is 2. The van der Waals surface area contributed by atoms with Crippen molar-refractivity contribution < 1.29 is 0 Å². The zero-order valence-electron chi connectivity index (χ0n) is 33.6. The van der Waals surface area contributed by atoms with E-state index >= 15 is 0 Å². The fraction of sp³-hybridized carbons (Fsp3) is 0.0909. The van der Waals surface area contributed by atoms with Crippen molar-refractivity contribution in [2.75, 3.05) is 0 Å². The lowest BCUT2D eigenvalue weighted by Gasteiger charge is -2.24. The van der Waals surface area contributed by atoms with Crippen LogP contribution in [0.25, 0.3) is 99.7 Å². The highest BCUT2D eigenvalue weighted by Gasteiger charge is 2.41. The fourth-order valence-corrected chi connectivity index (χ4v) is 9.85. The summed E-state index contributed by atoms with van der Waals surface area (Å²) in [5.74, 6) is 0.722. The molecule has 1 aliphatic rings. The molecule has 4 nitrogen and oxygen atoms in total. The Hall–Kier alpha value is -7.30. The first-order chi connectivity index (χ1) is 29.1. The van der Waals surface area contributed by atoms with Gasteiger partial charge in [0.25, 0.3) is 0 Å². The van der Waals surface area contributed by atoms with Crippen LogP contribution < -0.4 is 0 Å². The molecule has 0 fully saturated rings. The molecule has 0 aliphatic heterocycles. The third-order valence-electron chi connectivity index (χ3n) is 12.2. The van der Waals surface area contributed by atoms with Gasteiger partial charge in [0, 0.05) is 54.8 Å². The number of fused-ring (bicyclic) bond motifs is 13. The van der Waals surface area contributed by atoms with E-state index in [1.54, 1.807) is 0 Å².